The van der Waals surface area contributed by atoms with Crippen LogP contribution in [0, 0.1) is 5.92 Å². The van der Waals surface area contributed by atoms with Gasteiger partial charge in [-0.1, -0.05) is 42.3 Å². The van der Waals surface area contributed by atoms with Crippen molar-refractivity contribution in [2.24, 2.45) is 5.92 Å². The Bertz CT molecular complexity index is 558. The molecule has 2 aromatic rings. The molecule has 3 heteroatoms. The van der Waals surface area contributed by atoms with E-state index >= 15 is 0 Å². The number of rotatable bonds is 4. The molecule has 0 aliphatic rings. The van der Waals surface area contributed by atoms with E-state index in [-0.39, 0.29) is 11.7 Å². The largest absolute Gasteiger partial charge is 0.294 e. The van der Waals surface area contributed by atoms with Crippen LogP contribution in [0.3, 0.4) is 0 Å². The second kappa shape index (κ2) is 6.23. The number of carbonyl (C=O) groups is 1. The Hall–Kier alpha value is -1.31. The van der Waals surface area contributed by atoms with Crippen molar-refractivity contribution in [2.45, 2.75) is 13.3 Å². The van der Waals surface area contributed by atoms with Crippen molar-refractivity contribution in [1.82, 2.24) is 0 Å². The van der Waals surface area contributed by atoms with Crippen LogP contribution < -0.4 is 0 Å². The zero-order valence-electron chi connectivity index (χ0n) is 10.6. The van der Waals surface area contributed by atoms with Gasteiger partial charge in [-0.05, 0) is 48.4 Å². The highest BCUT2D eigenvalue weighted by Crippen LogP contribution is 2.18. The van der Waals surface area contributed by atoms with Gasteiger partial charge in [-0.3, -0.25) is 4.79 Å². The van der Waals surface area contributed by atoms with E-state index in [0.717, 1.165) is 5.56 Å². The number of hydrogen-bond donors (Lipinski definition) is 0. The molecule has 98 valence electrons. The minimum Gasteiger partial charge on any atom is -0.294 e. The number of carbonyl (C=O) groups excluding carboxylic acids is 1. The summed E-state index contributed by atoms with van der Waals surface area (Å²) in [5, 5.41) is 1.35. The Morgan fingerprint density at radius 2 is 1.42 bits per heavy atom. The summed E-state index contributed by atoms with van der Waals surface area (Å²) in [5.74, 6) is 0.0639. The van der Waals surface area contributed by atoms with Crippen LogP contribution in [0.15, 0.2) is 48.5 Å². The quantitative estimate of drug-likeness (QED) is 0.720. The molecule has 1 nitrogen and oxygen atoms in total. The number of benzene rings is 2. The lowest BCUT2D eigenvalue weighted by atomic mass is 9.93. The van der Waals surface area contributed by atoms with Gasteiger partial charge >= 0.3 is 0 Å². The van der Waals surface area contributed by atoms with Crippen molar-refractivity contribution in [2.75, 3.05) is 0 Å². The fourth-order valence-corrected chi connectivity index (χ4v) is 2.22. The van der Waals surface area contributed by atoms with Gasteiger partial charge < -0.3 is 0 Å². The van der Waals surface area contributed by atoms with Crippen molar-refractivity contribution in [3.63, 3.8) is 0 Å². The molecule has 0 aliphatic carbocycles. The van der Waals surface area contributed by atoms with Crippen molar-refractivity contribution >= 4 is 29.0 Å². The monoisotopic (exact) mass is 292 g/mol. The fourth-order valence-electron chi connectivity index (χ4n) is 1.97. The van der Waals surface area contributed by atoms with Crippen molar-refractivity contribution in [3.05, 3.63) is 69.7 Å². The van der Waals surface area contributed by atoms with Gasteiger partial charge in [-0.15, -0.1) is 0 Å². The summed E-state index contributed by atoms with van der Waals surface area (Å²) < 4.78 is 0. The Balaban J connectivity index is 2.07. The smallest absolute Gasteiger partial charge is 0.165 e. The summed E-state index contributed by atoms with van der Waals surface area (Å²) in [6.45, 7) is 1.94. The van der Waals surface area contributed by atoms with E-state index in [1.165, 1.54) is 0 Å². The van der Waals surface area contributed by atoms with Crippen molar-refractivity contribution < 1.29 is 4.79 Å². The maximum atomic E-state index is 12.3. The summed E-state index contributed by atoms with van der Waals surface area (Å²) in [4.78, 5) is 12.3. The molecular weight excluding hydrogens is 279 g/mol. The Morgan fingerprint density at radius 1 is 0.947 bits per heavy atom. The van der Waals surface area contributed by atoms with Crippen LogP contribution >= 0.6 is 23.2 Å². The molecule has 2 aromatic carbocycles. The summed E-state index contributed by atoms with van der Waals surface area (Å²) in [6, 6.07) is 14.6. The normalized spacial score (nSPS) is 12.2. The molecule has 0 amide bonds. The third kappa shape index (κ3) is 3.82. The lowest BCUT2D eigenvalue weighted by Crippen LogP contribution is -2.13. The van der Waals surface area contributed by atoms with E-state index < -0.39 is 0 Å². The number of Topliss-reactive ketones (excluding diaryl/α,β-unsaturated/α-hetero) is 1. The minimum atomic E-state index is -0.0673. The topological polar surface area (TPSA) is 17.1 Å². The van der Waals surface area contributed by atoms with Gasteiger partial charge in [0, 0.05) is 21.5 Å². The molecule has 0 radical (unpaired) electrons. The molecular formula is C16H14Cl2O. The van der Waals surface area contributed by atoms with Gasteiger partial charge in [0.25, 0.3) is 0 Å². The first-order chi connectivity index (χ1) is 9.06. The summed E-state index contributed by atoms with van der Waals surface area (Å²) in [6.07, 6.45) is 0.707. The zero-order chi connectivity index (χ0) is 13.8. The van der Waals surface area contributed by atoms with Gasteiger partial charge in [-0.25, -0.2) is 0 Å². The van der Waals surface area contributed by atoms with Crippen LogP contribution in [0.5, 0.6) is 0 Å². The van der Waals surface area contributed by atoms with E-state index in [1.54, 1.807) is 24.3 Å². The standard InChI is InChI=1S/C16H14Cl2O/c1-11(10-12-2-6-14(17)7-3-12)16(19)13-4-8-15(18)9-5-13/h2-9,11H,10H2,1H3. The maximum absolute atomic E-state index is 12.3. The molecule has 0 N–H and O–H groups in total. The SMILES string of the molecule is CC(Cc1ccc(Cl)cc1)C(=O)c1ccc(Cl)cc1. The molecule has 19 heavy (non-hydrogen) atoms. The van der Waals surface area contributed by atoms with Crippen molar-refractivity contribution in [3.8, 4) is 0 Å². The summed E-state index contributed by atoms with van der Waals surface area (Å²) >= 11 is 11.7. The van der Waals surface area contributed by atoms with Crippen LogP contribution in [-0.4, -0.2) is 5.78 Å². The first-order valence-electron chi connectivity index (χ1n) is 6.10. The van der Waals surface area contributed by atoms with Gasteiger partial charge in [0.2, 0.25) is 0 Å². The third-order valence-electron chi connectivity index (χ3n) is 3.03. The molecule has 1 unspecified atom stereocenters. The highest BCUT2D eigenvalue weighted by Gasteiger charge is 2.15. The third-order valence-corrected chi connectivity index (χ3v) is 3.54. The molecule has 0 spiro atoms. The van der Waals surface area contributed by atoms with Crippen LogP contribution in [-0.2, 0) is 6.42 Å². The van der Waals surface area contributed by atoms with Crippen LogP contribution in [0.2, 0.25) is 10.0 Å². The first kappa shape index (κ1) is 14.1. The summed E-state index contributed by atoms with van der Waals surface area (Å²) in [5.41, 5.74) is 1.81. The van der Waals surface area contributed by atoms with E-state index in [0.29, 0.717) is 22.0 Å². The van der Waals surface area contributed by atoms with Crippen molar-refractivity contribution in [1.29, 1.82) is 0 Å². The Labute approximate surface area is 123 Å². The minimum absolute atomic E-state index is 0.0673. The maximum Gasteiger partial charge on any atom is 0.165 e. The summed E-state index contributed by atoms with van der Waals surface area (Å²) in [7, 11) is 0. The molecule has 1 atom stereocenters. The predicted molar refractivity (Wildman–Crippen MR) is 80.1 cm³/mol. The first-order valence-corrected chi connectivity index (χ1v) is 6.86. The zero-order valence-corrected chi connectivity index (χ0v) is 12.1. The van der Waals surface area contributed by atoms with Gasteiger partial charge in [0.15, 0.2) is 5.78 Å². The van der Waals surface area contributed by atoms with Gasteiger partial charge in [-0.2, -0.15) is 0 Å². The van der Waals surface area contributed by atoms with Crippen LogP contribution in [0.1, 0.15) is 22.8 Å². The Kier molecular flexibility index (Phi) is 4.62. The molecule has 0 saturated carbocycles. The molecule has 0 heterocycles. The predicted octanol–water partition coefficient (Wildman–Crippen LogP) is 5.05. The van der Waals surface area contributed by atoms with Crippen LogP contribution in [0.25, 0.3) is 0 Å². The molecule has 0 aromatic heterocycles. The van der Waals surface area contributed by atoms with E-state index in [4.69, 9.17) is 23.2 Å². The highest BCUT2D eigenvalue weighted by molar-refractivity contribution is 6.30. The Morgan fingerprint density at radius 3 is 1.95 bits per heavy atom. The van der Waals surface area contributed by atoms with Gasteiger partial charge in [0.05, 0.1) is 0 Å². The molecule has 2 rings (SSSR count). The number of ketones is 1. The van der Waals surface area contributed by atoms with E-state index in [1.807, 2.05) is 31.2 Å². The molecule has 0 bridgehead atoms. The highest BCUT2D eigenvalue weighted by atomic mass is 35.5. The lowest BCUT2D eigenvalue weighted by molar-refractivity contribution is 0.0929. The molecule has 0 saturated heterocycles. The fraction of sp³-hybridized carbons (Fsp3) is 0.188. The molecule has 0 aliphatic heterocycles. The van der Waals surface area contributed by atoms with E-state index in [9.17, 15) is 4.79 Å². The average Bonchev–Trinajstić information content (AvgIpc) is 2.41. The van der Waals surface area contributed by atoms with Crippen LogP contribution in [0.4, 0.5) is 0 Å². The second-order valence-electron chi connectivity index (χ2n) is 4.60. The second-order valence-corrected chi connectivity index (χ2v) is 5.48. The number of hydrogen-bond acceptors (Lipinski definition) is 1. The van der Waals surface area contributed by atoms with E-state index in [2.05, 4.69) is 0 Å². The molecule has 0 fully saturated rings. The number of halogens is 2. The lowest BCUT2D eigenvalue weighted by Gasteiger charge is -2.10. The average molecular weight is 293 g/mol. The van der Waals surface area contributed by atoms with Gasteiger partial charge in [0.1, 0.15) is 0 Å².